The van der Waals surface area contributed by atoms with Gasteiger partial charge in [0.05, 0.1) is 4.90 Å². The van der Waals surface area contributed by atoms with E-state index in [4.69, 9.17) is 5.11 Å². The third kappa shape index (κ3) is 3.29. The minimum atomic E-state index is -3.49. The smallest absolute Gasteiger partial charge is 0.243 e. The van der Waals surface area contributed by atoms with Crippen LogP contribution in [-0.2, 0) is 10.0 Å². The quantitative estimate of drug-likeness (QED) is 0.869. The van der Waals surface area contributed by atoms with Crippen LogP contribution in [0.5, 0.6) is 0 Å². The van der Waals surface area contributed by atoms with Gasteiger partial charge in [-0.1, -0.05) is 24.8 Å². The SMILES string of the molecule is CCC1CCC(C)N1S(=O)(=O)c1cccc(C#CCO)c1. The van der Waals surface area contributed by atoms with Crippen molar-refractivity contribution in [1.82, 2.24) is 4.31 Å². The van der Waals surface area contributed by atoms with Gasteiger partial charge in [0.25, 0.3) is 0 Å². The van der Waals surface area contributed by atoms with Crippen LogP contribution in [0, 0.1) is 11.8 Å². The van der Waals surface area contributed by atoms with Gasteiger partial charge in [0.2, 0.25) is 10.0 Å². The average Bonchev–Trinajstić information content (AvgIpc) is 2.87. The maximum atomic E-state index is 12.9. The lowest BCUT2D eigenvalue weighted by molar-refractivity contribution is 0.328. The van der Waals surface area contributed by atoms with Crippen molar-refractivity contribution >= 4 is 10.0 Å². The van der Waals surface area contributed by atoms with Crippen LogP contribution in [-0.4, -0.2) is 36.5 Å². The molecule has 1 saturated heterocycles. The van der Waals surface area contributed by atoms with Crippen LogP contribution in [0.1, 0.15) is 38.7 Å². The second-order valence-corrected chi connectivity index (χ2v) is 7.15. The van der Waals surface area contributed by atoms with Crippen LogP contribution < -0.4 is 0 Å². The van der Waals surface area contributed by atoms with Crippen molar-refractivity contribution in [2.24, 2.45) is 0 Å². The highest BCUT2D eigenvalue weighted by Gasteiger charge is 2.39. The molecule has 0 bridgehead atoms. The van der Waals surface area contributed by atoms with E-state index in [0.29, 0.717) is 5.56 Å². The standard InChI is InChI=1S/C16H21NO3S/c1-3-15-10-9-13(2)17(15)21(19,20)16-8-4-6-14(12-16)7-5-11-18/h4,6,8,12-13,15,18H,3,9-11H2,1-2H3. The van der Waals surface area contributed by atoms with Gasteiger partial charge in [0.15, 0.2) is 0 Å². The average molecular weight is 307 g/mol. The molecule has 0 spiro atoms. The van der Waals surface area contributed by atoms with Gasteiger partial charge in [-0.25, -0.2) is 8.42 Å². The maximum absolute atomic E-state index is 12.9. The first-order valence-electron chi connectivity index (χ1n) is 7.24. The Morgan fingerprint density at radius 1 is 1.38 bits per heavy atom. The molecule has 1 aromatic rings. The summed E-state index contributed by atoms with van der Waals surface area (Å²) in [6.07, 6.45) is 2.65. The molecule has 21 heavy (non-hydrogen) atoms. The number of hydrogen-bond acceptors (Lipinski definition) is 3. The fraction of sp³-hybridized carbons (Fsp3) is 0.500. The summed E-state index contributed by atoms with van der Waals surface area (Å²) in [5, 5.41) is 8.73. The van der Waals surface area contributed by atoms with E-state index in [1.807, 2.05) is 13.8 Å². The zero-order valence-corrected chi connectivity index (χ0v) is 13.2. The number of aliphatic hydroxyl groups is 1. The predicted octanol–water partition coefficient (Wildman–Crippen LogP) is 1.98. The molecular formula is C16H21NO3S. The van der Waals surface area contributed by atoms with Crippen molar-refractivity contribution in [3.05, 3.63) is 29.8 Å². The lowest BCUT2D eigenvalue weighted by Crippen LogP contribution is -2.39. The van der Waals surface area contributed by atoms with Crippen LogP contribution in [0.3, 0.4) is 0 Å². The lowest BCUT2D eigenvalue weighted by atomic mass is 10.2. The van der Waals surface area contributed by atoms with Gasteiger partial charge < -0.3 is 5.11 Å². The Labute approximate surface area is 126 Å². The monoisotopic (exact) mass is 307 g/mol. The molecule has 1 N–H and O–H groups in total. The van der Waals surface area contributed by atoms with E-state index < -0.39 is 10.0 Å². The van der Waals surface area contributed by atoms with Crippen LogP contribution >= 0.6 is 0 Å². The highest BCUT2D eigenvalue weighted by molar-refractivity contribution is 7.89. The van der Waals surface area contributed by atoms with Crippen molar-refractivity contribution in [3.63, 3.8) is 0 Å². The fourth-order valence-corrected chi connectivity index (χ4v) is 4.86. The summed E-state index contributed by atoms with van der Waals surface area (Å²) in [5.74, 6) is 5.29. The Hall–Kier alpha value is -1.35. The number of benzene rings is 1. The van der Waals surface area contributed by atoms with Crippen molar-refractivity contribution in [2.75, 3.05) is 6.61 Å². The Morgan fingerprint density at radius 2 is 2.14 bits per heavy atom. The number of aliphatic hydroxyl groups excluding tert-OH is 1. The molecule has 114 valence electrons. The number of sulfonamides is 1. The molecule has 1 aliphatic heterocycles. The van der Waals surface area contributed by atoms with E-state index in [-0.39, 0.29) is 23.6 Å². The number of nitrogens with zero attached hydrogens (tertiary/aromatic N) is 1. The number of rotatable bonds is 3. The van der Waals surface area contributed by atoms with E-state index in [2.05, 4.69) is 11.8 Å². The molecule has 0 amide bonds. The van der Waals surface area contributed by atoms with E-state index >= 15 is 0 Å². The lowest BCUT2D eigenvalue weighted by Gasteiger charge is -2.27. The summed E-state index contributed by atoms with van der Waals surface area (Å²) in [6.45, 7) is 3.75. The highest BCUT2D eigenvalue weighted by Crippen LogP contribution is 2.32. The van der Waals surface area contributed by atoms with Gasteiger partial charge in [0, 0.05) is 17.6 Å². The minimum absolute atomic E-state index is 0.0344. The van der Waals surface area contributed by atoms with E-state index in [1.54, 1.807) is 28.6 Å². The summed E-state index contributed by atoms with van der Waals surface area (Å²) < 4.78 is 27.4. The topological polar surface area (TPSA) is 57.6 Å². The molecule has 1 heterocycles. The van der Waals surface area contributed by atoms with Gasteiger partial charge in [0.1, 0.15) is 6.61 Å². The Kier molecular flexibility index (Phi) is 5.04. The molecule has 1 fully saturated rings. The summed E-state index contributed by atoms with van der Waals surface area (Å²) in [5.41, 5.74) is 0.602. The van der Waals surface area contributed by atoms with Crippen molar-refractivity contribution < 1.29 is 13.5 Å². The van der Waals surface area contributed by atoms with Crippen LogP contribution in [0.2, 0.25) is 0 Å². The zero-order chi connectivity index (χ0) is 15.5. The molecule has 0 radical (unpaired) electrons. The first-order chi connectivity index (χ1) is 10.0. The third-order valence-corrected chi connectivity index (χ3v) is 5.97. The highest BCUT2D eigenvalue weighted by atomic mass is 32.2. The molecule has 2 rings (SSSR count). The summed E-state index contributed by atoms with van der Waals surface area (Å²) in [7, 11) is -3.49. The van der Waals surface area contributed by atoms with E-state index in [1.165, 1.54) is 0 Å². The van der Waals surface area contributed by atoms with Crippen LogP contribution in [0.15, 0.2) is 29.2 Å². The van der Waals surface area contributed by atoms with Crippen LogP contribution in [0.4, 0.5) is 0 Å². The van der Waals surface area contributed by atoms with Crippen molar-refractivity contribution in [3.8, 4) is 11.8 Å². The summed E-state index contributed by atoms with van der Waals surface area (Å²) in [4.78, 5) is 0.277. The molecule has 5 heteroatoms. The Bertz CT molecular complexity index is 658. The first-order valence-corrected chi connectivity index (χ1v) is 8.68. The van der Waals surface area contributed by atoms with Gasteiger partial charge in [-0.05, 0) is 44.4 Å². The molecule has 1 aliphatic rings. The molecule has 0 aromatic heterocycles. The summed E-state index contributed by atoms with van der Waals surface area (Å²) >= 11 is 0. The van der Waals surface area contributed by atoms with E-state index in [0.717, 1.165) is 19.3 Å². The molecule has 0 saturated carbocycles. The number of hydrogen-bond donors (Lipinski definition) is 1. The largest absolute Gasteiger partial charge is 0.384 e. The minimum Gasteiger partial charge on any atom is -0.384 e. The van der Waals surface area contributed by atoms with E-state index in [9.17, 15) is 8.42 Å². The fourth-order valence-electron chi connectivity index (χ4n) is 2.86. The third-order valence-electron chi connectivity index (χ3n) is 3.90. The molecule has 1 aromatic carbocycles. The second kappa shape index (κ2) is 6.61. The van der Waals surface area contributed by atoms with Crippen molar-refractivity contribution in [1.29, 1.82) is 0 Å². The van der Waals surface area contributed by atoms with Gasteiger partial charge in [-0.2, -0.15) is 4.31 Å². The van der Waals surface area contributed by atoms with Gasteiger partial charge in [-0.3, -0.25) is 0 Å². The Morgan fingerprint density at radius 3 is 2.81 bits per heavy atom. The molecular weight excluding hydrogens is 286 g/mol. The zero-order valence-electron chi connectivity index (χ0n) is 12.4. The summed E-state index contributed by atoms with van der Waals surface area (Å²) in [6, 6.07) is 6.74. The van der Waals surface area contributed by atoms with Gasteiger partial charge in [-0.15, -0.1) is 0 Å². The molecule has 0 aliphatic carbocycles. The van der Waals surface area contributed by atoms with Crippen LogP contribution in [0.25, 0.3) is 0 Å². The molecule has 4 nitrogen and oxygen atoms in total. The normalized spacial score (nSPS) is 22.8. The molecule has 2 atom stereocenters. The van der Waals surface area contributed by atoms with Crippen molar-refractivity contribution in [2.45, 2.75) is 50.1 Å². The maximum Gasteiger partial charge on any atom is 0.243 e. The predicted molar refractivity (Wildman–Crippen MR) is 82.2 cm³/mol. The Balaban J connectivity index is 2.39. The molecule has 2 unspecified atom stereocenters. The van der Waals surface area contributed by atoms with Gasteiger partial charge >= 0.3 is 0 Å². The first kappa shape index (κ1) is 16.0. The second-order valence-electron chi connectivity index (χ2n) is 5.31.